The fraction of sp³-hybridized carbons (Fsp3) is 0.831. The third-order valence-electron chi connectivity index (χ3n) is 23.0. The average Bonchev–Trinajstić information content (AvgIpc) is 1.76. The van der Waals surface area contributed by atoms with Crippen LogP contribution in [-0.4, -0.2) is 261 Å². The van der Waals surface area contributed by atoms with E-state index in [1.807, 2.05) is 20.8 Å². The molecule has 24 nitrogen and oxygen atoms in total. The van der Waals surface area contributed by atoms with E-state index in [2.05, 4.69) is 16.0 Å². The fourth-order valence-electron chi connectivity index (χ4n) is 16.3. The van der Waals surface area contributed by atoms with E-state index in [1.165, 1.54) is 88.4 Å². The summed E-state index contributed by atoms with van der Waals surface area (Å²) in [5.74, 6) is -10.7. The summed E-state index contributed by atoms with van der Waals surface area (Å²) in [7, 11) is 8.66. The zero-order valence-electron chi connectivity index (χ0n) is 61.0. The van der Waals surface area contributed by atoms with Crippen molar-refractivity contribution in [1.29, 1.82) is 0 Å². The zero-order valence-corrected chi connectivity index (χ0v) is 61.7. The first kappa shape index (κ1) is 80.0. The van der Waals surface area contributed by atoms with Crippen LogP contribution in [0.3, 0.4) is 0 Å². The molecule has 3 unspecified atom stereocenters. The summed E-state index contributed by atoms with van der Waals surface area (Å²) in [6.07, 6.45) is 3.72. The first-order valence-corrected chi connectivity index (χ1v) is 37.1. The molecule has 3 N–H and O–H groups in total. The van der Waals surface area contributed by atoms with Crippen LogP contribution in [0.25, 0.3) is 0 Å². The maximum atomic E-state index is 15.4. The maximum Gasteiger partial charge on any atom is 0.393 e. The van der Waals surface area contributed by atoms with Crippen LogP contribution in [0.1, 0.15) is 196 Å². The highest BCUT2D eigenvalue weighted by molar-refractivity contribution is 6.21. The predicted molar refractivity (Wildman–Crippen MR) is 365 cm³/mol. The number of amides is 12. The Bertz CT molecular complexity index is 2920. The third-order valence-corrected chi connectivity index (χ3v) is 23.5. The number of likely N-dealkylation sites (N-methyl/N-ethyl adjacent to an activating group) is 6. The normalized spacial score (nSPS) is 31.1. The molecule has 1 spiro atoms. The maximum absolute atomic E-state index is 15.4. The molecular formula is C71H114ClF3N12O12. The molecular weight excluding hydrogens is 1310 g/mol. The second-order valence-corrected chi connectivity index (χ2v) is 31.3. The number of carbonyl (C=O) groups is 12. The van der Waals surface area contributed by atoms with Crippen LogP contribution in [0.15, 0.2) is 0 Å². The van der Waals surface area contributed by atoms with Gasteiger partial charge in [-0.1, -0.05) is 92.9 Å². The van der Waals surface area contributed by atoms with Crippen molar-refractivity contribution in [2.45, 2.75) is 268 Å². The lowest BCUT2D eigenvalue weighted by atomic mass is 9.78. The van der Waals surface area contributed by atoms with Gasteiger partial charge < -0.3 is 60.0 Å². The van der Waals surface area contributed by atoms with Gasteiger partial charge in [0.1, 0.15) is 59.9 Å². The molecule has 0 aromatic rings. The summed E-state index contributed by atoms with van der Waals surface area (Å²) in [5.41, 5.74) is -1.56. The molecule has 7 fully saturated rings. The van der Waals surface area contributed by atoms with Gasteiger partial charge in [0.05, 0.1) is 18.9 Å². The lowest BCUT2D eigenvalue weighted by Gasteiger charge is -2.45. The topological polar surface area (TPSA) is 270 Å². The number of nitrogens with one attached hydrogen (secondary N) is 3. The molecule has 0 radical (unpaired) electrons. The minimum atomic E-state index is -4.51. The van der Waals surface area contributed by atoms with Crippen molar-refractivity contribution in [2.24, 2.45) is 35.5 Å². The molecule has 0 aromatic heterocycles. The number of nitrogens with zero attached hydrogens (tertiary/aromatic N) is 9. The van der Waals surface area contributed by atoms with Crippen LogP contribution in [0.4, 0.5) is 13.2 Å². The molecule has 28 heteroatoms. The van der Waals surface area contributed by atoms with Gasteiger partial charge in [0.2, 0.25) is 70.9 Å². The SMILES string of the molecule is CC[C@H](C)[C@@H]1NC(=O)[C@H](CC(C)C)N(C)C(=O)C[C@@H](C(=O)N2CCCC2)N(C)C(=O)[C@H](C(C)C)N(C)C(=O)C2(CCCC2)NC(=O)[C@@H]2CCCN2C(=O)[C@H](CCC2CCC(C(F)(F)F)C(Cl)C2)NC(=O)CN(C)C(=O)[C@H](CC2CCCCC2)N(C)C(=O)[C@@H]2CCN2C(=O)[C@H](C)N(C)C1=O. The smallest absolute Gasteiger partial charge is 0.343 e. The molecule has 12 amide bonds. The standard InChI is InChI=1S/C71H114ClF3N12O12/c1-14-44(6)58-67(97)80(9)45(7)62(92)87-36-30-52(87)65(95)82(11)54(39-46-23-16-15-17-24-46)64(94)79(8)41-56(88)76-50(29-27-47-26-28-48(49(72)38-47)71(73,74)75)63(93)86-35-22-25-51(86)61(91)78-70(31-18-19-32-70)69(99)84(13)59(43(4)5)68(98)83(12)55(66(96)85-33-20-21-34-85)40-57(89)81(10)53(37-42(2)3)60(90)77-58/h42-55,58-59H,14-41H2,1-13H3,(H,76,88)(H,77,90)(H,78,91)/t44-,45-,47?,48?,49?,50-,51-,52-,53-,54-,55-,58-,59-/m0/s1. The highest BCUT2D eigenvalue weighted by atomic mass is 35.5. The van der Waals surface area contributed by atoms with Gasteiger partial charge in [-0.2, -0.15) is 13.2 Å². The van der Waals surface area contributed by atoms with E-state index in [-0.39, 0.29) is 101 Å². The molecule has 4 saturated heterocycles. The Morgan fingerprint density at radius 3 is 1.82 bits per heavy atom. The number of carbonyl (C=O) groups excluding carboxylic acids is 12. The van der Waals surface area contributed by atoms with Crippen molar-refractivity contribution in [2.75, 3.05) is 75.0 Å². The molecule has 0 aromatic carbocycles. The minimum absolute atomic E-state index is 0.00104. The number of alkyl halides is 4. The van der Waals surface area contributed by atoms with Gasteiger partial charge in [0.25, 0.3) is 0 Å². The number of fused-ring (bicyclic) bond motifs is 2. The van der Waals surface area contributed by atoms with Gasteiger partial charge in [-0.25, -0.2) is 0 Å². The van der Waals surface area contributed by atoms with E-state index in [9.17, 15) is 51.5 Å². The van der Waals surface area contributed by atoms with Crippen molar-refractivity contribution >= 4 is 82.5 Å². The first-order chi connectivity index (χ1) is 46.5. The van der Waals surface area contributed by atoms with E-state index in [0.717, 1.165) is 32.1 Å². The molecule has 0 bridgehead atoms. The van der Waals surface area contributed by atoms with Gasteiger partial charge in [0.15, 0.2) is 0 Å². The largest absolute Gasteiger partial charge is 0.393 e. The lowest BCUT2D eigenvalue weighted by molar-refractivity contribution is -0.182. The van der Waals surface area contributed by atoms with Crippen LogP contribution < -0.4 is 16.0 Å². The number of hydrogen-bond donors (Lipinski definition) is 3. The van der Waals surface area contributed by atoms with Gasteiger partial charge in [-0.3, -0.25) is 57.5 Å². The minimum Gasteiger partial charge on any atom is -0.343 e. The quantitative estimate of drug-likeness (QED) is 0.210. The van der Waals surface area contributed by atoms with Gasteiger partial charge in [-0.15, -0.1) is 11.6 Å². The monoisotopic (exact) mass is 1420 g/mol. The second-order valence-electron chi connectivity index (χ2n) is 30.7. The van der Waals surface area contributed by atoms with E-state index < -0.39 is 173 Å². The van der Waals surface area contributed by atoms with Crippen LogP contribution in [0, 0.1) is 35.5 Å². The second kappa shape index (κ2) is 34.6. The highest BCUT2D eigenvalue weighted by Crippen LogP contribution is 2.44. The molecule has 7 rings (SSSR count). The molecule has 3 saturated carbocycles. The lowest BCUT2D eigenvalue weighted by Crippen LogP contribution is -2.65. The van der Waals surface area contributed by atoms with Crippen molar-refractivity contribution in [3.05, 3.63) is 0 Å². The number of halogens is 4. The van der Waals surface area contributed by atoms with Crippen molar-refractivity contribution < 1.29 is 70.7 Å². The number of rotatable bonds is 11. The van der Waals surface area contributed by atoms with Gasteiger partial charge in [-0.05, 0) is 126 Å². The third kappa shape index (κ3) is 18.9. The van der Waals surface area contributed by atoms with Gasteiger partial charge in [0, 0.05) is 73.8 Å². The molecule has 99 heavy (non-hydrogen) atoms. The Balaban J connectivity index is 1.27. The van der Waals surface area contributed by atoms with Crippen LogP contribution >= 0.6 is 11.6 Å². The molecule has 7 aliphatic rings. The number of hydrogen-bond acceptors (Lipinski definition) is 12. The van der Waals surface area contributed by atoms with E-state index in [1.54, 1.807) is 25.7 Å². The Labute approximate surface area is 588 Å². The predicted octanol–water partition coefficient (Wildman–Crippen LogP) is 5.70. The molecule has 3 aliphatic carbocycles. The number of likely N-dealkylation sites (tertiary alicyclic amines) is 1. The molecule has 13 atom stereocenters. The molecule has 4 aliphatic heterocycles. The molecule has 558 valence electrons. The van der Waals surface area contributed by atoms with E-state index in [4.69, 9.17) is 11.6 Å². The summed E-state index contributed by atoms with van der Waals surface area (Å²) in [6.45, 7) is 12.8. The average molecular weight is 1420 g/mol. The fourth-order valence-corrected chi connectivity index (χ4v) is 16.8. The summed E-state index contributed by atoms with van der Waals surface area (Å²) in [5, 5.41) is 7.60. The highest BCUT2D eigenvalue weighted by Gasteiger charge is 2.52. The first-order valence-electron chi connectivity index (χ1n) is 36.7. The van der Waals surface area contributed by atoms with Crippen molar-refractivity contribution in [3.8, 4) is 0 Å². The van der Waals surface area contributed by atoms with Crippen LogP contribution in [0.5, 0.6) is 0 Å². The summed E-state index contributed by atoms with van der Waals surface area (Å²) >= 11 is 6.40. The van der Waals surface area contributed by atoms with Crippen molar-refractivity contribution in [1.82, 2.24) is 60.0 Å². The Morgan fingerprint density at radius 2 is 1.24 bits per heavy atom. The van der Waals surface area contributed by atoms with Crippen LogP contribution in [-0.2, 0) is 57.5 Å². The van der Waals surface area contributed by atoms with E-state index in [0.29, 0.717) is 51.6 Å². The Kier molecular flexibility index (Phi) is 28.0. The van der Waals surface area contributed by atoms with E-state index >= 15 is 19.2 Å². The Hall–Kier alpha value is -6.28. The summed E-state index contributed by atoms with van der Waals surface area (Å²) in [4.78, 5) is 191. The van der Waals surface area contributed by atoms with Crippen molar-refractivity contribution in [3.63, 3.8) is 0 Å². The Morgan fingerprint density at radius 1 is 0.606 bits per heavy atom. The summed E-state index contributed by atoms with van der Waals surface area (Å²) in [6, 6.07) is -10.8. The van der Waals surface area contributed by atoms with Crippen LogP contribution in [0.2, 0.25) is 0 Å². The zero-order chi connectivity index (χ0) is 73.3. The molecule has 4 heterocycles. The summed E-state index contributed by atoms with van der Waals surface area (Å²) < 4.78 is 42.0. The van der Waals surface area contributed by atoms with Gasteiger partial charge >= 0.3 is 6.18 Å².